The Labute approximate surface area is 114 Å². The fourth-order valence-corrected chi connectivity index (χ4v) is 1.90. The van der Waals surface area contributed by atoms with E-state index in [1.54, 1.807) is 6.08 Å². The predicted molar refractivity (Wildman–Crippen MR) is 76.0 cm³/mol. The summed E-state index contributed by atoms with van der Waals surface area (Å²) < 4.78 is 0. The first kappa shape index (κ1) is 15.2. The average Bonchev–Trinajstić information content (AvgIpc) is 2.36. The zero-order valence-corrected chi connectivity index (χ0v) is 11.3. The summed E-state index contributed by atoms with van der Waals surface area (Å²) >= 11 is 0. The molecule has 0 spiro atoms. The van der Waals surface area contributed by atoms with Crippen molar-refractivity contribution in [3.63, 3.8) is 0 Å². The van der Waals surface area contributed by atoms with Crippen molar-refractivity contribution >= 4 is 17.8 Å². The third-order valence-corrected chi connectivity index (χ3v) is 2.89. The highest BCUT2D eigenvalue weighted by Gasteiger charge is 2.00. The summed E-state index contributed by atoms with van der Waals surface area (Å²) in [7, 11) is 0. The number of aliphatic carboxylic acids is 1. The maximum Gasteiger partial charge on any atom is 0.303 e. The first-order valence-electron chi connectivity index (χ1n) is 6.58. The van der Waals surface area contributed by atoms with Gasteiger partial charge in [-0.15, -0.1) is 0 Å². The standard InChI is InChI=1S/C16H20O3/c1-13(17)11-12-15-9-6-5-8-14(15)7-3-2-4-10-16(18)19/h5-6,8-9,11-12H,2-4,7,10H2,1H3,(H,18,19)/b12-11+. The SMILES string of the molecule is CC(=O)/C=C/c1ccccc1CCCCCC(=O)O. The van der Waals surface area contributed by atoms with E-state index in [1.807, 2.05) is 24.3 Å². The number of rotatable bonds is 8. The Balaban J connectivity index is 2.49. The van der Waals surface area contributed by atoms with E-state index in [1.165, 1.54) is 12.5 Å². The number of ketones is 1. The molecule has 0 bridgehead atoms. The van der Waals surface area contributed by atoms with Crippen molar-refractivity contribution in [2.24, 2.45) is 0 Å². The zero-order valence-electron chi connectivity index (χ0n) is 11.3. The van der Waals surface area contributed by atoms with Crippen LogP contribution in [-0.4, -0.2) is 16.9 Å². The Morgan fingerprint density at radius 2 is 1.89 bits per heavy atom. The molecular formula is C16H20O3. The van der Waals surface area contributed by atoms with E-state index in [-0.39, 0.29) is 12.2 Å². The molecular weight excluding hydrogens is 240 g/mol. The molecule has 19 heavy (non-hydrogen) atoms. The number of unbranched alkanes of at least 4 members (excludes halogenated alkanes) is 2. The van der Waals surface area contributed by atoms with Crippen LogP contribution in [0.1, 0.15) is 43.7 Å². The van der Waals surface area contributed by atoms with Crippen LogP contribution in [0.25, 0.3) is 6.08 Å². The van der Waals surface area contributed by atoms with Crippen molar-refractivity contribution in [3.8, 4) is 0 Å². The Morgan fingerprint density at radius 1 is 1.16 bits per heavy atom. The largest absolute Gasteiger partial charge is 0.481 e. The molecule has 0 aromatic heterocycles. The normalized spacial score (nSPS) is 10.8. The van der Waals surface area contributed by atoms with E-state index in [2.05, 4.69) is 6.07 Å². The summed E-state index contributed by atoms with van der Waals surface area (Å²) in [5.74, 6) is -0.693. The summed E-state index contributed by atoms with van der Waals surface area (Å²) in [5.41, 5.74) is 2.27. The van der Waals surface area contributed by atoms with Gasteiger partial charge in [-0.1, -0.05) is 36.8 Å². The topological polar surface area (TPSA) is 54.4 Å². The Hall–Kier alpha value is -1.90. The predicted octanol–water partition coefficient (Wildman–Crippen LogP) is 3.48. The minimum atomic E-state index is -0.732. The van der Waals surface area contributed by atoms with E-state index in [0.717, 1.165) is 31.2 Å². The van der Waals surface area contributed by atoms with Gasteiger partial charge in [0.15, 0.2) is 5.78 Å². The third-order valence-electron chi connectivity index (χ3n) is 2.89. The summed E-state index contributed by atoms with van der Waals surface area (Å²) in [6.07, 6.45) is 7.18. The highest BCUT2D eigenvalue weighted by molar-refractivity contribution is 5.91. The number of aryl methyl sites for hydroxylation is 1. The van der Waals surface area contributed by atoms with Gasteiger partial charge in [-0.25, -0.2) is 0 Å². The molecule has 0 aliphatic heterocycles. The van der Waals surface area contributed by atoms with Crippen LogP contribution < -0.4 is 0 Å². The lowest BCUT2D eigenvalue weighted by Gasteiger charge is -2.05. The molecule has 1 rings (SSSR count). The Kier molecular flexibility index (Phi) is 6.58. The molecule has 0 saturated heterocycles. The summed E-state index contributed by atoms with van der Waals surface area (Å²) in [5, 5.41) is 8.55. The van der Waals surface area contributed by atoms with Gasteiger partial charge in [-0.05, 0) is 43.4 Å². The summed E-state index contributed by atoms with van der Waals surface area (Å²) in [6.45, 7) is 1.53. The second-order valence-corrected chi connectivity index (χ2v) is 4.60. The molecule has 0 aliphatic carbocycles. The van der Waals surface area contributed by atoms with Gasteiger partial charge in [0.2, 0.25) is 0 Å². The molecule has 0 aliphatic rings. The highest BCUT2D eigenvalue weighted by atomic mass is 16.4. The number of hydrogen-bond donors (Lipinski definition) is 1. The Morgan fingerprint density at radius 3 is 2.58 bits per heavy atom. The number of benzene rings is 1. The molecule has 0 fully saturated rings. The van der Waals surface area contributed by atoms with Crippen molar-refractivity contribution in [2.75, 3.05) is 0 Å². The second-order valence-electron chi connectivity index (χ2n) is 4.60. The van der Waals surface area contributed by atoms with E-state index >= 15 is 0 Å². The van der Waals surface area contributed by atoms with E-state index in [4.69, 9.17) is 5.11 Å². The van der Waals surface area contributed by atoms with Crippen LogP contribution in [0, 0.1) is 0 Å². The lowest BCUT2D eigenvalue weighted by atomic mass is 10.0. The number of allylic oxidation sites excluding steroid dienone is 1. The fourth-order valence-electron chi connectivity index (χ4n) is 1.90. The van der Waals surface area contributed by atoms with Crippen molar-refractivity contribution in [2.45, 2.75) is 39.0 Å². The van der Waals surface area contributed by atoms with Crippen molar-refractivity contribution in [3.05, 3.63) is 41.5 Å². The van der Waals surface area contributed by atoms with Crippen molar-refractivity contribution in [1.29, 1.82) is 0 Å². The molecule has 0 saturated carbocycles. The van der Waals surface area contributed by atoms with Crippen LogP contribution in [0.3, 0.4) is 0 Å². The van der Waals surface area contributed by atoms with Gasteiger partial charge in [0.1, 0.15) is 0 Å². The summed E-state index contributed by atoms with van der Waals surface area (Å²) in [6, 6.07) is 7.98. The van der Waals surface area contributed by atoms with Crippen LogP contribution >= 0.6 is 0 Å². The molecule has 1 N–H and O–H groups in total. The summed E-state index contributed by atoms with van der Waals surface area (Å²) in [4.78, 5) is 21.3. The molecule has 3 nitrogen and oxygen atoms in total. The lowest BCUT2D eigenvalue weighted by Crippen LogP contribution is -1.95. The first-order chi connectivity index (χ1) is 9.09. The van der Waals surface area contributed by atoms with Crippen LogP contribution in [0.15, 0.2) is 30.3 Å². The quantitative estimate of drug-likeness (QED) is 0.575. The maximum absolute atomic E-state index is 10.9. The van der Waals surface area contributed by atoms with Gasteiger partial charge in [0, 0.05) is 6.42 Å². The van der Waals surface area contributed by atoms with Gasteiger partial charge >= 0.3 is 5.97 Å². The third kappa shape index (κ3) is 6.55. The minimum Gasteiger partial charge on any atom is -0.481 e. The second kappa shape index (κ2) is 8.25. The molecule has 0 radical (unpaired) electrons. The van der Waals surface area contributed by atoms with E-state index < -0.39 is 5.97 Å². The van der Waals surface area contributed by atoms with Gasteiger partial charge in [-0.3, -0.25) is 9.59 Å². The van der Waals surface area contributed by atoms with Crippen LogP contribution in [0.2, 0.25) is 0 Å². The van der Waals surface area contributed by atoms with Gasteiger partial charge in [0.05, 0.1) is 0 Å². The number of hydrogen-bond acceptors (Lipinski definition) is 2. The zero-order chi connectivity index (χ0) is 14.1. The lowest BCUT2D eigenvalue weighted by molar-refractivity contribution is -0.137. The molecule has 0 heterocycles. The smallest absolute Gasteiger partial charge is 0.303 e. The fraction of sp³-hybridized carbons (Fsp3) is 0.375. The maximum atomic E-state index is 10.9. The first-order valence-corrected chi connectivity index (χ1v) is 6.58. The molecule has 1 aromatic rings. The van der Waals surface area contributed by atoms with Gasteiger partial charge in [-0.2, -0.15) is 0 Å². The van der Waals surface area contributed by atoms with Gasteiger partial charge in [0.25, 0.3) is 0 Å². The minimum absolute atomic E-state index is 0.0382. The van der Waals surface area contributed by atoms with E-state index in [9.17, 15) is 9.59 Å². The highest BCUT2D eigenvalue weighted by Crippen LogP contribution is 2.15. The van der Waals surface area contributed by atoms with Crippen LogP contribution in [0.5, 0.6) is 0 Å². The van der Waals surface area contributed by atoms with Gasteiger partial charge < -0.3 is 5.11 Å². The average molecular weight is 260 g/mol. The molecule has 3 heteroatoms. The molecule has 0 unspecified atom stereocenters. The van der Waals surface area contributed by atoms with Crippen LogP contribution in [-0.2, 0) is 16.0 Å². The molecule has 0 amide bonds. The van der Waals surface area contributed by atoms with Crippen LogP contribution in [0.4, 0.5) is 0 Å². The molecule has 102 valence electrons. The number of carbonyl (C=O) groups excluding carboxylic acids is 1. The Bertz CT molecular complexity index is 461. The molecule has 1 aromatic carbocycles. The van der Waals surface area contributed by atoms with Crippen molar-refractivity contribution in [1.82, 2.24) is 0 Å². The number of carboxylic acids is 1. The van der Waals surface area contributed by atoms with E-state index in [0.29, 0.717) is 0 Å². The number of carbonyl (C=O) groups is 2. The molecule has 0 atom stereocenters. The number of carboxylic acid groups (broad SMARTS) is 1. The monoisotopic (exact) mass is 260 g/mol. The van der Waals surface area contributed by atoms with Crippen molar-refractivity contribution < 1.29 is 14.7 Å².